The zero-order valence-corrected chi connectivity index (χ0v) is 30.4. The van der Waals surface area contributed by atoms with Gasteiger partial charge in [0.25, 0.3) is 6.47 Å². The topological polar surface area (TPSA) is 335 Å². The molecule has 11 N–H and O–H groups in total. The Kier molecular flexibility index (Phi) is 15.4. The lowest BCUT2D eigenvalue weighted by Crippen LogP contribution is -2.70. The summed E-state index contributed by atoms with van der Waals surface area (Å²) in [7, 11) is 0. The number of aliphatic hydroxyl groups is 6. The standard InChI is InChI=1S/C31H52N4O19/c1-9-18(40)21(43)15(33-12(4)37)28(49-9)53-26-22(44)23(45)30(47-8-36)54-31(26)52-25-17(35-14(6)39)29(50-11(3)20(25)42)51-24-16(34-13(5)38)27(46-7-32)48-10(2)19(24)41/h8-11,15-31,40-45H,7,32H2,1-6H3,(H,33,37)(H,34,38)(H,35,39)/t9?,10?,11?,15?,16?,17?,18-,19+,20-,21-,22+,23+,24-,25-,26?,27-,28+,29+,30?,31-/m1/s1. The Bertz CT molecular complexity index is 1290. The molecule has 4 aliphatic rings. The molecule has 310 valence electrons. The Hall–Kier alpha value is -2.72. The van der Waals surface area contributed by atoms with Crippen molar-refractivity contribution < 1.29 is 92.4 Å². The Balaban J connectivity index is 1.71. The zero-order valence-electron chi connectivity index (χ0n) is 30.4. The van der Waals surface area contributed by atoms with Crippen LogP contribution in [0.4, 0.5) is 0 Å². The minimum Gasteiger partial charge on any atom is -0.435 e. The molecule has 0 radical (unpaired) electrons. The van der Waals surface area contributed by atoms with E-state index in [1.54, 1.807) is 0 Å². The van der Waals surface area contributed by atoms with Gasteiger partial charge in [0.1, 0.15) is 73.1 Å². The SMILES string of the molecule is CC(=O)NC1[C@H](OC2[C@H](O[C@@H]3C(NC(C)=O)[C@H](O[C@@H]4C(NC(C)=O)[C@H](OCN)OC(C)[C@@H]4O)OC(C)[C@H]3O)OC(OC=O)[C@@H](O)[C@@H]2O)OC(C)[C@@H](O)[C@@H]1O. The van der Waals surface area contributed by atoms with Crippen molar-refractivity contribution in [3.05, 3.63) is 0 Å². The van der Waals surface area contributed by atoms with E-state index in [2.05, 4.69) is 16.0 Å². The van der Waals surface area contributed by atoms with Crippen LogP contribution < -0.4 is 21.7 Å². The highest BCUT2D eigenvalue weighted by atomic mass is 16.8. The summed E-state index contributed by atoms with van der Waals surface area (Å²) in [6.45, 7) is 7.39. The largest absolute Gasteiger partial charge is 0.435 e. The van der Waals surface area contributed by atoms with Crippen LogP contribution in [-0.4, -0.2) is 184 Å². The molecule has 8 unspecified atom stereocenters. The number of carbonyl (C=O) groups is 4. The van der Waals surface area contributed by atoms with E-state index in [1.807, 2.05) is 0 Å². The molecule has 0 spiro atoms. The first-order chi connectivity index (χ1) is 25.4. The maximum Gasteiger partial charge on any atom is 0.295 e. The normalized spacial score (nSPS) is 45.5. The fourth-order valence-corrected chi connectivity index (χ4v) is 6.70. The van der Waals surface area contributed by atoms with Gasteiger partial charge in [-0.3, -0.25) is 19.2 Å². The van der Waals surface area contributed by atoms with E-state index in [9.17, 15) is 49.8 Å². The average molecular weight is 785 g/mol. The number of aliphatic hydroxyl groups excluding tert-OH is 6. The minimum absolute atomic E-state index is 0.0714. The highest BCUT2D eigenvalue weighted by Crippen LogP contribution is 2.35. The summed E-state index contributed by atoms with van der Waals surface area (Å²) in [4.78, 5) is 48.1. The van der Waals surface area contributed by atoms with E-state index in [4.69, 9.17) is 48.4 Å². The number of nitrogens with two attached hydrogens (primary N) is 1. The lowest BCUT2D eigenvalue weighted by Gasteiger charge is -2.50. The zero-order chi connectivity index (χ0) is 40.2. The van der Waals surface area contributed by atoms with Crippen molar-refractivity contribution in [1.82, 2.24) is 16.0 Å². The van der Waals surface area contributed by atoms with Crippen LogP contribution >= 0.6 is 0 Å². The number of nitrogens with one attached hydrogen (secondary N) is 3. The molecule has 0 bridgehead atoms. The van der Waals surface area contributed by atoms with Gasteiger partial charge in [-0.05, 0) is 20.8 Å². The summed E-state index contributed by atoms with van der Waals surface area (Å²) < 4.78 is 51.8. The Morgan fingerprint density at radius 1 is 0.556 bits per heavy atom. The maximum atomic E-state index is 12.6. The minimum atomic E-state index is -2.01. The summed E-state index contributed by atoms with van der Waals surface area (Å²) in [5, 5.41) is 73.5. The summed E-state index contributed by atoms with van der Waals surface area (Å²) in [5.41, 5.74) is 5.58. The van der Waals surface area contributed by atoms with Crippen LogP contribution in [0.1, 0.15) is 41.5 Å². The van der Waals surface area contributed by atoms with Gasteiger partial charge in [0, 0.05) is 20.8 Å². The third kappa shape index (κ3) is 9.98. The van der Waals surface area contributed by atoms with Crippen LogP contribution in [0.25, 0.3) is 0 Å². The van der Waals surface area contributed by atoms with Gasteiger partial charge in [-0.1, -0.05) is 0 Å². The van der Waals surface area contributed by atoms with Gasteiger partial charge in [0.2, 0.25) is 24.0 Å². The van der Waals surface area contributed by atoms with Crippen LogP contribution in [-0.2, 0) is 61.8 Å². The summed E-state index contributed by atoms with van der Waals surface area (Å²) >= 11 is 0. The molecule has 4 heterocycles. The van der Waals surface area contributed by atoms with Gasteiger partial charge >= 0.3 is 0 Å². The molecule has 4 saturated heterocycles. The molecular formula is C31H52N4O19. The Morgan fingerprint density at radius 2 is 0.981 bits per heavy atom. The van der Waals surface area contributed by atoms with Crippen LogP contribution in [0.2, 0.25) is 0 Å². The van der Waals surface area contributed by atoms with Crippen LogP contribution in [0.3, 0.4) is 0 Å². The van der Waals surface area contributed by atoms with Crippen LogP contribution in [0.5, 0.6) is 0 Å². The lowest BCUT2D eigenvalue weighted by molar-refractivity contribution is -0.393. The summed E-state index contributed by atoms with van der Waals surface area (Å²) in [6.07, 6.45) is -26.3. The van der Waals surface area contributed by atoms with E-state index in [0.717, 1.165) is 13.8 Å². The van der Waals surface area contributed by atoms with Crippen LogP contribution in [0, 0.1) is 0 Å². The molecule has 23 heteroatoms. The third-order valence-corrected chi connectivity index (χ3v) is 9.40. The third-order valence-electron chi connectivity index (χ3n) is 9.40. The van der Waals surface area contributed by atoms with Crippen molar-refractivity contribution in [3.8, 4) is 0 Å². The van der Waals surface area contributed by atoms with Crippen molar-refractivity contribution in [1.29, 1.82) is 0 Å². The molecule has 0 aromatic carbocycles. The van der Waals surface area contributed by atoms with Gasteiger partial charge in [-0.25, -0.2) is 0 Å². The molecule has 4 aliphatic heterocycles. The highest BCUT2D eigenvalue weighted by molar-refractivity contribution is 5.74. The first-order valence-electron chi connectivity index (χ1n) is 17.3. The van der Waals surface area contributed by atoms with Gasteiger partial charge in [-0.15, -0.1) is 0 Å². The molecule has 0 aromatic heterocycles. The monoisotopic (exact) mass is 784 g/mol. The quantitative estimate of drug-likeness (QED) is 0.0613. The lowest BCUT2D eigenvalue weighted by atomic mass is 9.94. The van der Waals surface area contributed by atoms with E-state index in [0.29, 0.717) is 0 Å². The molecule has 20 atom stereocenters. The number of amides is 3. The second-order valence-electron chi connectivity index (χ2n) is 13.5. The highest BCUT2D eigenvalue weighted by Gasteiger charge is 2.56. The smallest absolute Gasteiger partial charge is 0.295 e. The molecule has 4 fully saturated rings. The van der Waals surface area contributed by atoms with Crippen molar-refractivity contribution in [2.75, 3.05) is 6.73 Å². The van der Waals surface area contributed by atoms with E-state index in [-0.39, 0.29) is 13.2 Å². The first-order valence-corrected chi connectivity index (χ1v) is 17.3. The van der Waals surface area contributed by atoms with Gasteiger partial charge in [0.05, 0.1) is 25.0 Å². The fraction of sp³-hybridized carbons (Fsp3) is 0.871. The molecule has 0 aliphatic carbocycles. The number of hydrogen-bond acceptors (Lipinski definition) is 20. The van der Waals surface area contributed by atoms with Crippen molar-refractivity contribution in [2.24, 2.45) is 5.73 Å². The van der Waals surface area contributed by atoms with Crippen molar-refractivity contribution >= 4 is 24.2 Å². The summed E-state index contributed by atoms with van der Waals surface area (Å²) in [5.74, 6) is -1.88. The predicted molar refractivity (Wildman–Crippen MR) is 172 cm³/mol. The number of rotatable bonds is 13. The predicted octanol–water partition coefficient (Wildman–Crippen LogP) is -6.16. The van der Waals surface area contributed by atoms with Crippen molar-refractivity contribution in [3.63, 3.8) is 0 Å². The number of hydrogen-bond donors (Lipinski definition) is 10. The van der Waals surface area contributed by atoms with Crippen molar-refractivity contribution in [2.45, 2.75) is 164 Å². The Morgan fingerprint density at radius 3 is 1.48 bits per heavy atom. The van der Waals surface area contributed by atoms with Crippen LogP contribution in [0.15, 0.2) is 0 Å². The Labute approximate surface area is 309 Å². The molecule has 23 nitrogen and oxygen atoms in total. The van der Waals surface area contributed by atoms with E-state index < -0.39 is 141 Å². The second-order valence-corrected chi connectivity index (χ2v) is 13.5. The maximum absolute atomic E-state index is 12.6. The molecule has 54 heavy (non-hydrogen) atoms. The number of ether oxygens (including phenoxy) is 9. The average Bonchev–Trinajstić information content (AvgIpc) is 3.09. The molecule has 0 saturated carbocycles. The first kappa shape index (κ1) is 44.0. The van der Waals surface area contributed by atoms with E-state index in [1.165, 1.54) is 27.7 Å². The molecular weight excluding hydrogens is 732 g/mol. The summed E-state index contributed by atoms with van der Waals surface area (Å²) in [6, 6.07) is -4.08. The molecule has 0 aromatic rings. The molecule has 4 rings (SSSR count). The van der Waals surface area contributed by atoms with Gasteiger partial charge < -0.3 is 95.0 Å². The van der Waals surface area contributed by atoms with Gasteiger partial charge in [-0.2, -0.15) is 0 Å². The molecule has 3 amide bonds. The second kappa shape index (κ2) is 18.9. The van der Waals surface area contributed by atoms with Gasteiger partial charge in [0.15, 0.2) is 25.2 Å². The number of carbonyl (C=O) groups excluding carboxylic acids is 4. The van der Waals surface area contributed by atoms with E-state index >= 15 is 0 Å². The fourth-order valence-electron chi connectivity index (χ4n) is 6.70.